The van der Waals surface area contributed by atoms with Crippen molar-refractivity contribution in [2.45, 2.75) is 0 Å². The van der Waals surface area contributed by atoms with Crippen LogP contribution in [0.5, 0.6) is 0 Å². The largest absolute Gasteiger partial charge is 0.456 e. The fourth-order valence-corrected chi connectivity index (χ4v) is 6.24. The summed E-state index contributed by atoms with van der Waals surface area (Å²) in [6, 6.07) is 43.0. The summed E-state index contributed by atoms with van der Waals surface area (Å²) in [6.45, 7) is 0. The molecule has 34 heavy (non-hydrogen) atoms. The molecular weight excluding hydrogens is 432 g/mol. The van der Waals surface area contributed by atoms with E-state index in [-0.39, 0.29) is 0 Å². The van der Waals surface area contributed by atoms with Crippen LogP contribution in [-0.2, 0) is 0 Å². The van der Waals surface area contributed by atoms with E-state index < -0.39 is 0 Å². The summed E-state index contributed by atoms with van der Waals surface area (Å²) in [7, 11) is 0. The number of hydrogen-bond donors (Lipinski definition) is 0. The van der Waals surface area contributed by atoms with Crippen molar-refractivity contribution >= 4 is 44.0 Å². The maximum atomic E-state index is 6.20. The predicted molar refractivity (Wildman–Crippen MR) is 145 cm³/mol. The summed E-state index contributed by atoms with van der Waals surface area (Å²) in [5, 5.41) is 4.89. The third-order valence-corrected chi connectivity index (χ3v) is 7.82. The molecule has 7 aromatic rings. The van der Waals surface area contributed by atoms with Crippen LogP contribution in [0.15, 0.2) is 126 Å². The molecule has 2 aromatic heterocycles. The summed E-state index contributed by atoms with van der Waals surface area (Å²) in [6.07, 6.45) is 0. The highest BCUT2D eigenvalue weighted by Gasteiger charge is 2.18. The van der Waals surface area contributed by atoms with Gasteiger partial charge in [0, 0.05) is 36.9 Å². The fraction of sp³-hybridized carbons (Fsp3) is 0. The Kier molecular flexibility index (Phi) is 4.39. The third kappa shape index (κ3) is 3.00. The second kappa shape index (κ2) is 7.72. The van der Waals surface area contributed by atoms with Gasteiger partial charge in [0.1, 0.15) is 11.2 Å². The van der Waals surface area contributed by atoms with E-state index in [2.05, 4.69) is 109 Å². The molecule has 0 radical (unpaired) electrons. The number of thiophene rings is 1. The SMILES string of the molecule is c1ccc(-c2ccccc2-c2sc(-c3ccc4c(c3)oc3ccccc34)c3ccccc23)cc1. The third-order valence-electron chi connectivity index (χ3n) is 6.52. The van der Waals surface area contributed by atoms with E-state index in [4.69, 9.17) is 4.42 Å². The first-order valence-electron chi connectivity index (χ1n) is 11.4. The summed E-state index contributed by atoms with van der Waals surface area (Å²) < 4.78 is 6.20. The van der Waals surface area contributed by atoms with E-state index in [1.54, 1.807) is 0 Å². The standard InChI is InChI=1S/C32H20OS/c1-2-10-21(11-3-1)23-12-4-5-14-26(23)32-28-16-7-6-15-27(28)31(34-32)22-18-19-25-24-13-8-9-17-29(24)33-30(25)20-22/h1-20H. The van der Waals surface area contributed by atoms with Crippen molar-refractivity contribution in [1.29, 1.82) is 0 Å². The summed E-state index contributed by atoms with van der Waals surface area (Å²) >= 11 is 1.86. The number of benzene rings is 5. The molecule has 0 saturated carbocycles. The van der Waals surface area contributed by atoms with Crippen molar-refractivity contribution in [2.75, 3.05) is 0 Å². The molecule has 0 amide bonds. The number of furan rings is 1. The molecule has 2 heterocycles. The van der Waals surface area contributed by atoms with E-state index in [0.717, 1.165) is 21.9 Å². The zero-order chi connectivity index (χ0) is 22.5. The molecule has 0 N–H and O–H groups in total. The van der Waals surface area contributed by atoms with Crippen LogP contribution < -0.4 is 0 Å². The Bertz CT molecular complexity index is 1800. The lowest BCUT2D eigenvalue weighted by molar-refractivity contribution is 0.669. The van der Waals surface area contributed by atoms with Gasteiger partial charge in [-0.3, -0.25) is 0 Å². The maximum absolute atomic E-state index is 6.20. The molecule has 160 valence electrons. The van der Waals surface area contributed by atoms with Crippen LogP contribution in [0.25, 0.3) is 64.7 Å². The van der Waals surface area contributed by atoms with Crippen molar-refractivity contribution in [3.8, 4) is 32.0 Å². The lowest BCUT2D eigenvalue weighted by Gasteiger charge is -2.09. The van der Waals surface area contributed by atoms with Crippen molar-refractivity contribution in [2.24, 2.45) is 0 Å². The highest BCUT2D eigenvalue weighted by Crippen LogP contribution is 2.47. The van der Waals surface area contributed by atoms with Gasteiger partial charge in [0.05, 0.1) is 0 Å². The average molecular weight is 453 g/mol. The van der Waals surface area contributed by atoms with Crippen LogP contribution >= 0.6 is 11.3 Å². The highest BCUT2D eigenvalue weighted by molar-refractivity contribution is 7.21. The summed E-state index contributed by atoms with van der Waals surface area (Å²) in [5.41, 5.74) is 6.82. The second-order valence-electron chi connectivity index (χ2n) is 8.53. The van der Waals surface area contributed by atoms with Crippen molar-refractivity contribution in [3.63, 3.8) is 0 Å². The maximum Gasteiger partial charge on any atom is 0.136 e. The van der Waals surface area contributed by atoms with Crippen LogP contribution in [0.1, 0.15) is 0 Å². The molecule has 0 atom stereocenters. The Hall–Kier alpha value is -4.14. The minimum Gasteiger partial charge on any atom is -0.456 e. The Labute approximate surface area is 201 Å². The van der Waals surface area contributed by atoms with Gasteiger partial charge in [-0.25, -0.2) is 0 Å². The number of rotatable bonds is 3. The topological polar surface area (TPSA) is 13.1 Å². The minimum atomic E-state index is 0.933. The number of hydrogen-bond acceptors (Lipinski definition) is 2. The fourth-order valence-electron chi connectivity index (χ4n) is 4.92. The van der Waals surface area contributed by atoms with E-state index in [9.17, 15) is 0 Å². The predicted octanol–water partition coefficient (Wildman–Crippen LogP) is 9.80. The lowest BCUT2D eigenvalue weighted by atomic mass is 9.96. The molecule has 1 nitrogen and oxygen atoms in total. The van der Waals surface area contributed by atoms with Gasteiger partial charge in [0.2, 0.25) is 0 Å². The van der Waals surface area contributed by atoms with Gasteiger partial charge in [0.15, 0.2) is 0 Å². The van der Waals surface area contributed by atoms with Crippen LogP contribution in [0, 0.1) is 0 Å². The molecule has 2 heteroatoms. The van der Waals surface area contributed by atoms with Gasteiger partial charge in [0.25, 0.3) is 0 Å². The zero-order valence-electron chi connectivity index (χ0n) is 18.4. The van der Waals surface area contributed by atoms with Gasteiger partial charge in [-0.2, -0.15) is 0 Å². The van der Waals surface area contributed by atoms with E-state index in [1.807, 2.05) is 23.5 Å². The van der Waals surface area contributed by atoms with Crippen LogP contribution in [0.3, 0.4) is 0 Å². The van der Waals surface area contributed by atoms with Gasteiger partial charge in [-0.1, -0.05) is 103 Å². The summed E-state index contributed by atoms with van der Waals surface area (Å²) in [4.78, 5) is 2.57. The Morgan fingerprint density at radius 1 is 0.412 bits per heavy atom. The lowest BCUT2D eigenvalue weighted by Crippen LogP contribution is -1.82. The monoisotopic (exact) mass is 452 g/mol. The van der Waals surface area contributed by atoms with E-state index in [0.29, 0.717) is 0 Å². The zero-order valence-corrected chi connectivity index (χ0v) is 19.2. The smallest absolute Gasteiger partial charge is 0.136 e. The van der Waals surface area contributed by atoms with Gasteiger partial charge >= 0.3 is 0 Å². The van der Waals surface area contributed by atoms with E-state index in [1.165, 1.54) is 42.8 Å². The van der Waals surface area contributed by atoms with Crippen molar-refractivity contribution in [1.82, 2.24) is 0 Å². The highest BCUT2D eigenvalue weighted by atomic mass is 32.1. The van der Waals surface area contributed by atoms with Crippen LogP contribution in [-0.4, -0.2) is 0 Å². The molecular formula is C32H20OS. The molecule has 0 aliphatic heterocycles. The molecule has 0 unspecified atom stereocenters. The molecule has 5 aromatic carbocycles. The quantitative estimate of drug-likeness (QED) is 0.260. The average Bonchev–Trinajstić information content (AvgIpc) is 3.47. The first kappa shape index (κ1) is 19.3. The molecule has 0 fully saturated rings. The van der Waals surface area contributed by atoms with Gasteiger partial charge in [-0.05, 0) is 34.9 Å². The molecule has 0 saturated heterocycles. The van der Waals surface area contributed by atoms with Crippen molar-refractivity contribution in [3.05, 3.63) is 121 Å². The van der Waals surface area contributed by atoms with Gasteiger partial charge in [-0.15, -0.1) is 11.3 Å². The van der Waals surface area contributed by atoms with Crippen LogP contribution in [0.4, 0.5) is 0 Å². The van der Waals surface area contributed by atoms with Crippen molar-refractivity contribution < 1.29 is 4.42 Å². The molecule has 0 aliphatic rings. The minimum absolute atomic E-state index is 0.933. The number of para-hydroxylation sites is 1. The van der Waals surface area contributed by atoms with E-state index >= 15 is 0 Å². The van der Waals surface area contributed by atoms with Crippen LogP contribution in [0.2, 0.25) is 0 Å². The summed E-state index contributed by atoms with van der Waals surface area (Å²) in [5.74, 6) is 0. The first-order valence-corrected chi connectivity index (χ1v) is 12.3. The molecule has 7 rings (SSSR count). The molecule has 0 bridgehead atoms. The Morgan fingerprint density at radius 2 is 1.03 bits per heavy atom. The molecule has 0 spiro atoms. The Morgan fingerprint density at radius 3 is 1.85 bits per heavy atom. The first-order chi connectivity index (χ1) is 16.9. The van der Waals surface area contributed by atoms with Gasteiger partial charge < -0.3 is 4.42 Å². The Balaban J connectivity index is 1.46. The normalized spacial score (nSPS) is 11.5. The number of fused-ring (bicyclic) bond motifs is 4. The molecule has 0 aliphatic carbocycles. The second-order valence-corrected chi connectivity index (χ2v) is 9.55.